The molecule has 0 saturated heterocycles. The van der Waals surface area contributed by atoms with Crippen LogP contribution in [0.15, 0.2) is 48.5 Å². The highest BCUT2D eigenvalue weighted by atomic mass is 35.5. The number of esters is 1. The van der Waals surface area contributed by atoms with Gasteiger partial charge in [-0.3, -0.25) is 14.4 Å². The van der Waals surface area contributed by atoms with Crippen molar-refractivity contribution < 1.29 is 23.5 Å². The maximum atomic E-state index is 13.5. The molecule has 5 nitrogen and oxygen atoms in total. The molecule has 1 atom stereocenters. The number of ether oxygens (including phenoxy) is 1. The highest BCUT2D eigenvalue weighted by Gasteiger charge is 2.20. The summed E-state index contributed by atoms with van der Waals surface area (Å²) in [5, 5.41) is 2.73. The molecule has 0 saturated carbocycles. The fourth-order valence-electron chi connectivity index (χ4n) is 2.03. The summed E-state index contributed by atoms with van der Waals surface area (Å²) in [5.74, 6) is -2.64. The van der Waals surface area contributed by atoms with Crippen LogP contribution in [0.25, 0.3) is 0 Å². The number of hydrogen-bond acceptors (Lipinski definition) is 4. The van der Waals surface area contributed by atoms with E-state index < -0.39 is 36.1 Å². The Bertz CT molecular complexity index is 792. The van der Waals surface area contributed by atoms with Crippen molar-refractivity contribution in [3.05, 3.63) is 70.5 Å². The van der Waals surface area contributed by atoms with Crippen molar-refractivity contribution in [1.29, 1.82) is 0 Å². The van der Waals surface area contributed by atoms with Crippen molar-refractivity contribution in [2.75, 3.05) is 6.54 Å². The second-order valence-corrected chi connectivity index (χ2v) is 5.60. The number of hydrogen-bond donors (Lipinski definition) is 1. The van der Waals surface area contributed by atoms with Crippen LogP contribution in [0, 0.1) is 5.82 Å². The summed E-state index contributed by atoms with van der Waals surface area (Å²) in [6, 6.07) is 11.5. The standard InChI is InChI=1S/C18H15ClFNO4/c1-11(17(23)12-6-8-13(19)9-7-12)25-16(22)10-21-18(24)14-4-2-3-5-15(14)20/h2-9,11H,10H2,1H3,(H,21,24)/t11-/m1/s1. The first-order chi connectivity index (χ1) is 11.9. The zero-order chi connectivity index (χ0) is 18.4. The van der Waals surface area contributed by atoms with E-state index in [4.69, 9.17) is 16.3 Å². The lowest BCUT2D eigenvalue weighted by Gasteiger charge is -2.13. The average Bonchev–Trinajstić information content (AvgIpc) is 2.60. The molecule has 25 heavy (non-hydrogen) atoms. The van der Waals surface area contributed by atoms with Gasteiger partial charge in [-0.2, -0.15) is 0 Å². The zero-order valence-electron chi connectivity index (χ0n) is 13.3. The molecule has 0 unspecified atom stereocenters. The average molecular weight is 364 g/mol. The van der Waals surface area contributed by atoms with Gasteiger partial charge in [0, 0.05) is 10.6 Å². The molecule has 1 amide bonds. The molecule has 0 radical (unpaired) electrons. The van der Waals surface area contributed by atoms with Gasteiger partial charge in [0.1, 0.15) is 12.4 Å². The van der Waals surface area contributed by atoms with E-state index in [1.807, 2.05) is 0 Å². The second-order valence-electron chi connectivity index (χ2n) is 5.17. The van der Waals surface area contributed by atoms with Crippen LogP contribution >= 0.6 is 11.6 Å². The first-order valence-corrected chi connectivity index (χ1v) is 7.78. The lowest BCUT2D eigenvalue weighted by molar-refractivity contribution is -0.145. The van der Waals surface area contributed by atoms with Crippen LogP contribution in [0.4, 0.5) is 4.39 Å². The van der Waals surface area contributed by atoms with Gasteiger partial charge < -0.3 is 10.1 Å². The minimum Gasteiger partial charge on any atom is -0.453 e. The molecule has 2 rings (SSSR count). The molecule has 7 heteroatoms. The third-order valence-electron chi connectivity index (χ3n) is 3.32. The minimum atomic E-state index is -1.03. The third kappa shape index (κ3) is 5.12. The highest BCUT2D eigenvalue weighted by Crippen LogP contribution is 2.12. The van der Waals surface area contributed by atoms with E-state index >= 15 is 0 Å². The Kier molecular flexibility index (Phi) is 6.25. The molecule has 1 N–H and O–H groups in total. The largest absolute Gasteiger partial charge is 0.453 e. The number of ketones is 1. The van der Waals surface area contributed by atoms with Gasteiger partial charge in [0.25, 0.3) is 5.91 Å². The molecular formula is C18H15ClFNO4. The fourth-order valence-corrected chi connectivity index (χ4v) is 2.16. The van der Waals surface area contributed by atoms with E-state index in [2.05, 4.69) is 5.32 Å². The number of carbonyl (C=O) groups excluding carboxylic acids is 3. The molecule has 0 bridgehead atoms. The first-order valence-electron chi connectivity index (χ1n) is 7.40. The molecule has 130 valence electrons. The molecule has 0 spiro atoms. The minimum absolute atomic E-state index is 0.180. The van der Waals surface area contributed by atoms with Gasteiger partial charge in [-0.15, -0.1) is 0 Å². The predicted molar refractivity (Wildman–Crippen MR) is 90.1 cm³/mol. The van der Waals surface area contributed by atoms with Gasteiger partial charge in [-0.05, 0) is 43.3 Å². The Morgan fingerprint density at radius 3 is 2.40 bits per heavy atom. The van der Waals surface area contributed by atoms with E-state index in [1.54, 1.807) is 12.1 Å². The maximum Gasteiger partial charge on any atom is 0.326 e. The van der Waals surface area contributed by atoms with Crippen molar-refractivity contribution in [2.45, 2.75) is 13.0 Å². The van der Waals surface area contributed by atoms with E-state index in [0.717, 1.165) is 6.07 Å². The number of carbonyl (C=O) groups is 3. The first kappa shape index (κ1) is 18.6. The summed E-state index contributed by atoms with van der Waals surface area (Å²) in [7, 11) is 0. The van der Waals surface area contributed by atoms with Crippen LogP contribution in [0.2, 0.25) is 5.02 Å². The Labute approximate surface area is 148 Å². The van der Waals surface area contributed by atoms with Crippen molar-refractivity contribution in [3.63, 3.8) is 0 Å². The van der Waals surface area contributed by atoms with Crippen molar-refractivity contribution in [1.82, 2.24) is 5.32 Å². The van der Waals surface area contributed by atoms with Crippen LogP contribution in [-0.2, 0) is 9.53 Å². The van der Waals surface area contributed by atoms with Crippen LogP contribution in [0.1, 0.15) is 27.6 Å². The lowest BCUT2D eigenvalue weighted by Crippen LogP contribution is -2.34. The number of benzene rings is 2. The van der Waals surface area contributed by atoms with Gasteiger partial charge in [0.05, 0.1) is 5.56 Å². The molecule has 0 heterocycles. The van der Waals surface area contributed by atoms with E-state index in [9.17, 15) is 18.8 Å². The van der Waals surface area contributed by atoms with E-state index in [-0.39, 0.29) is 5.56 Å². The number of Topliss-reactive ketones (excluding diaryl/α,β-unsaturated/α-hetero) is 1. The van der Waals surface area contributed by atoms with Crippen LogP contribution < -0.4 is 5.32 Å². The molecule has 0 aliphatic rings. The SMILES string of the molecule is C[C@@H](OC(=O)CNC(=O)c1ccccc1F)C(=O)c1ccc(Cl)cc1. The summed E-state index contributed by atoms with van der Waals surface area (Å²) in [6.45, 7) is 0.943. The van der Waals surface area contributed by atoms with Crippen molar-refractivity contribution in [3.8, 4) is 0 Å². The predicted octanol–water partition coefficient (Wildman–Crippen LogP) is 3.02. The number of nitrogens with one attached hydrogen (secondary N) is 1. The quantitative estimate of drug-likeness (QED) is 0.632. The van der Waals surface area contributed by atoms with Crippen molar-refractivity contribution in [2.24, 2.45) is 0 Å². The van der Waals surface area contributed by atoms with E-state index in [1.165, 1.54) is 37.3 Å². The van der Waals surface area contributed by atoms with Gasteiger partial charge in [-0.25, -0.2) is 4.39 Å². The number of rotatable bonds is 6. The Morgan fingerprint density at radius 2 is 1.76 bits per heavy atom. The van der Waals surface area contributed by atoms with Crippen LogP contribution in [-0.4, -0.2) is 30.3 Å². The normalized spacial score (nSPS) is 11.5. The van der Waals surface area contributed by atoms with E-state index in [0.29, 0.717) is 10.6 Å². The Balaban J connectivity index is 1.87. The zero-order valence-corrected chi connectivity index (χ0v) is 14.0. The Hall–Kier alpha value is -2.73. The van der Waals surface area contributed by atoms with Gasteiger partial charge in [-0.1, -0.05) is 23.7 Å². The third-order valence-corrected chi connectivity index (χ3v) is 3.57. The monoisotopic (exact) mass is 363 g/mol. The molecule has 0 aromatic heterocycles. The summed E-state index contributed by atoms with van der Waals surface area (Å²) >= 11 is 5.75. The maximum absolute atomic E-state index is 13.5. The van der Waals surface area contributed by atoms with Crippen molar-refractivity contribution >= 4 is 29.3 Å². The smallest absolute Gasteiger partial charge is 0.326 e. The summed E-state index contributed by atoms with van der Waals surface area (Å²) in [6.07, 6.45) is -1.03. The summed E-state index contributed by atoms with van der Waals surface area (Å²) in [5.41, 5.74) is 0.167. The second kappa shape index (κ2) is 8.39. The molecule has 2 aromatic rings. The lowest BCUT2D eigenvalue weighted by atomic mass is 10.1. The van der Waals surface area contributed by atoms with Crippen LogP contribution in [0.3, 0.4) is 0 Å². The topological polar surface area (TPSA) is 72.5 Å². The molecule has 0 aliphatic carbocycles. The summed E-state index contributed by atoms with van der Waals surface area (Å²) in [4.78, 5) is 35.7. The van der Waals surface area contributed by atoms with Gasteiger partial charge in [0.15, 0.2) is 6.10 Å². The molecule has 0 fully saturated rings. The van der Waals surface area contributed by atoms with Gasteiger partial charge >= 0.3 is 5.97 Å². The fraction of sp³-hybridized carbons (Fsp3) is 0.167. The Morgan fingerprint density at radius 1 is 1.12 bits per heavy atom. The van der Waals surface area contributed by atoms with Crippen LogP contribution in [0.5, 0.6) is 0 Å². The summed E-state index contributed by atoms with van der Waals surface area (Å²) < 4.78 is 18.4. The van der Waals surface area contributed by atoms with Gasteiger partial charge in [0.2, 0.25) is 5.78 Å². The molecular weight excluding hydrogens is 349 g/mol. The molecule has 0 aliphatic heterocycles. The number of halogens is 2. The number of amides is 1. The highest BCUT2D eigenvalue weighted by molar-refractivity contribution is 6.30. The molecule has 2 aromatic carbocycles.